The predicted molar refractivity (Wildman–Crippen MR) is 91.2 cm³/mol. The van der Waals surface area contributed by atoms with Crippen LogP contribution in [0, 0.1) is 6.92 Å². The van der Waals surface area contributed by atoms with Crippen molar-refractivity contribution in [3.63, 3.8) is 0 Å². The summed E-state index contributed by atoms with van der Waals surface area (Å²) < 4.78 is 27.3. The van der Waals surface area contributed by atoms with Gasteiger partial charge in [0.2, 0.25) is 10.0 Å². The van der Waals surface area contributed by atoms with Gasteiger partial charge in [0.1, 0.15) is 0 Å². The molecule has 0 saturated carbocycles. The minimum Gasteiger partial charge on any atom is -0.212 e. The largest absolute Gasteiger partial charge is 0.216 e. The van der Waals surface area contributed by atoms with Crippen molar-refractivity contribution < 1.29 is 8.42 Å². The summed E-state index contributed by atoms with van der Waals surface area (Å²) in [4.78, 5) is 0. The molecule has 2 rings (SSSR count). The zero-order chi connectivity index (χ0) is 16.2. The van der Waals surface area contributed by atoms with E-state index >= 15 is 0 Å². The molecule has 0 amide bonds. The molecule has 0 heterocycles. The number of rotatable bonds is 6. The van der Waals surface area contributed by atoms with E-state index in [2.05, 4.69) is 11.6 Å². The molecule has 0 aliphatic heterocycles. The van der Waals surface area contributed by atoms with E-state index in [1.807, 2.05) is 62.4 Å². The third kappa shape index (κ3) is 4.68. The molecule has 4 heteroatoms. The van der Waals surface area contributed by atoms with Gasteiger partial charge in [-0.25, -0.2) is 13.1 Å². The second-order valence-electron chi connectivity index (χ2n) is 5.68. The molecular formula is C18H23NO2S. The fourth-order valence-electron chi connectivity index (χ4n) is 2.32. The first kappa shape index (κ1) is 16.7. The van der Waals surface area contributed by atoms with Crippen molar-refractivity contribution in [3.8, 4) is 0 Å². The second-order valence-corrected chi connectivity index (χ2v) is 7.43. The SMILES string of the molecule is CCc1ccc(C(C)NS(=O)(=O)Cc2ccc(C)cc2)cc1. The number of hydrogen-bond acceptors (Lipinski definition) is 2. The van der Waals surface area contributed by atoms with Crippen LogP contribution in [0.5, 0.6) is 0 Å². The summed E-state index contributed by atoms with van der Waals surface area (Å²) in [6.07, 6.45) is 0.980. The highest BCUT2D eigenvalue weighted by Gasteiger charge is 2.16. The molecule has 0 aliphatic rings. The van der Waals surface area contributed by atoms with Crippen LogP contribution in [-0.4, -0.2) is 8.42 Å². The number of aryl methyl sites for hydroxylation is 2. The first-order valence-electron chi connectivity index (χ1n) is 7.54. The molecule has 2 aromatic carbocycles. The maximum atomic E-state index is 12.3. The lowest BCUT2D eigenvalue weighted by atomic mass is 10.1. The molecule has 2 aromatic rings. The number of benzene rings is 2. The Morgan fingerprint density at radius 3 is 2.05 bits per heavy atom. The van der Waals surface area contributed by atoms with Crippen molar-refractivity contribution in [1.82, 2.24) is 4.72 Å². The summed E-state index contributed by atoms with van der Waals surface area (Å²) in [6.45, 7) is 5.95. The Bertz CT molecular complexity index is 704. The molecule has 1 atom stereocenters. The normalized spacial score (nSPS) is 13.0. The Morgan fingerprint density at radius 1 is 0.955 bits per heavy atom. The van der Waals surface area contributed by atoms with E-state index in [4.69, 9.17) is 0 Å². The van der Waals surface area contributed by atoms with Crippen LogP contribution in [0.25, 0.3) is 0 Å². The quantitative estimate of drug-likeness (QED) is 0.882. The average molecular weight is 317 g/mol. The summed E-state index contributed by atoms with van der Waals surface area (Å²) in [7, 11) is -3.36. The van der Waals surface area contributed by atoms with Gasteiger partial charge in [-0.3, -0.25) is 0 Å². The molecule has 0 saturated heterocycles. The fraction of sp³-hybridized carbons (Fsp3) is 0.333. The highest BCUT2D eigenvalue weighted by atomic mass is 32.2. The summed E-state index contributed by atoms with van der Waals surface area (Å²) >= 11 is 0. The lowest BCUT2D eigenvalue weighted by Gasteiger charge is -2.15. The molecule has 3 nitrogen and oxygen atoms in total. The maximum absolute atomic E-state index is 12.3. The molecule has 1 unspecified atom stereocenters. The van der Waals surface area contributed by atoms with Gasteiger partial charge in [0.15, 0.2) is 0 Å². The van der Waals surface area contributed by atoms with E-state index in [1.54, 1.807) is 0 Å². The summed E-state index contributed by atoms with van der Waals surface area (Å²) in [5.74, 6) is 0.00463. The highest BCUT2D eigenvalue weighted by Crippen LogP contribution is 2.16. The van der Waals surface area contributed by atoms with E-state index in [-0.39, 0.29) is 11.8 Å². The van der Waals surface area contributed by atoms with Gasteiger partial charge in [-0.2, -0.15) is 0 Å². The zero-order valence-electron chi connectivity index (χ0n) is 13.3. The molecule has 0 aromatic heterocycles. The van der Waals surface area contributed by atoms with Crippen molar-refractivity contribution in [2.24, 2.45) is 0 Å². The van der Waals surface area contributed by atoms with Crippen LogP contribution in [0.2, 0.25) is 0 Å². The molecule has 118 valence electrons. The van der Waals surface area contributed by atoms with Crippen molar-refractivity contribution in [2.45, 2.75) is 39.0 Å². The van der Waals surface area contributed by atoms with Crippen LogP contribution in [0.15, 0.2) is 48.5 Å². The Kier molecular flexibility index (Phi) is 5.37. The monoisotopic (exact) mass is 317 g/mol. The van der Waals surface area contributed by atoms with Gasteiger partial charge in [0.05, 0.1) is 5.75 Å². The zero-order valence-corrected chi connectivity index (χ0v) is 14.2. The molecule has 0 bridgehead atoms. The lowest BCUT2D eigenvalue weighted by molar-refractivity contribution is 0.566. The third-order valence-electron chi connectivity index (χ3n) is 3.72. The van der Waals surface area contributed by atoms with Crippen LogP contribution >= 0.6 is 0 Å². The highest BCUT2D eigenvalue weighted by molar-refractivity contribution is 7.88. The van der Waals surface area contributed by atoms with Crippen molar-refractivity contribution >= 4 is 10.0 Å². The van der Waals surface area contributed by atoms with E-state index in [0.717, 1.165) is 23.1 Å². The average Bonchev–Trinajstić information content (AvgIpc) is 2.49. The van der Waals surface area contributed by atoms with Gasteiger partial charge < -0.3 is 0 Å². The van der Waals surface area contributed by atoms with Gasteiger partial charge in [0, 0.05) is 6.04 Å². The predicted octanol–water partition coefficient (Wildman–Crippen LogP) is 3.74. The number of nitrogens with one attached hydrogen (secondary N) is 1. The van der Waals surface area contributed by atoms with E-state index < -0.39 is 10.0 Å². The van der Waals surface area contributed by atoms with E-state index in [1.165, 1.54) is 5.56 Å². The van der Waals surface area contributed by atoms with Crippen molar-refractivity contribution in [2.75, 3.05) is 0 Å². The van der Waals surface area contributed by atoms with Crippen LogP contribution < -0.4 is 4.72 Å². The van der Waals surface area contributed by atoms with E-state index in [0.29, 0.717) is 0 Å². The van der Waals surface area contributed by atoms with E-state index in [9.17, 15) is 8.42 Å². The van der Waals surface area contributed by atoms with Gasteiger partial charge in [0.25, 0.3) is 0 Å². The standard InChI is InChI=1S/C18H23NO2S/c1-4-16-9-11-18(12-10-16)15(3)19-22(20,21)13-17-7-5-14(2)6-8-17/h5-12,15,19H,4,13H2,1-3H3. The van der Waals surface area contributed by atoms with Gasteiger partial charge in [-0.05, 0) is 37.0 Å². The first-order chi connectivity index (χ1) is 10.4. The van der Waals surface area contributed by atoms with Crippen molar-refractivity contribution in [3.05, 3.63) is 70.8 Å². The summed E-state index contributed by atoms with van der Waals surface area (Å²) in [6, 6.07) is 15.4. The van der Waals surface area contributed by atoms with Gasteiger partial charge in [-0.1, -0.05) is 61.0 Å². The Labute approximate surface area is 133 Å². The first-order valence-corrected chi connectivity index (χ1v) is 9.19. The lowest BCUT2D eigenvalue weighted by Crippen LogP contribution is -2.28. The van der Waals surface area contributed by atoms with Crippen LogP contribution in [-0.2, 0) is 22.2 Å². The smallest absolute Gasteiger partial charge is 0.212 e. The second kappa shape index (κ2) is 7.07. The minimum absolute atomic E-state index is 0.00463. The van der Waals surface area contributed by atoms with Crippen LogP contribution in [0.3, 0.4) is 0 Å². The third-order valence-corrected chi connectivity index (χ3v) is 5.15. The number of hydrogen-bond donors (Lipinski definition) is 1. The Balaban J connectivity index is 2.05. The van der Waals surface area contributed by atoms with Gasteiger partial charge >= 0.3 is 0 Å². The Hall–Kier alpha value is -1.65. The molecule has 0 fully saturated rings. The Morgan fingerprint density at radius 2 is 1.50 bits per heavy atom. The summed E-state index contributed by atoms with van der Waals surface area (Å²) in [5, 5.41) is 0. The summed E-state index contributed by atoms with van der Waals surface area (Å²) in [5.41, 5.74) is 4.15. The maximum Gasteiger partial charge on any atom is 0.216 e. The molecule has 0 radical (unpaired) electrons. The van der Waals surface area contributed by atoms with Crippen molar-refractivity contribution in [1.29, 1.82) is 0 Å². The molecule has 0 aliphatic carbocycles. The van der Waals surface area contributed by atoms with Crippen LogP contribution in [0.1, 0.15) is 42.1 Å². The topological polar surface area (TPSA) is 46.2 Å². The van der Waals surface area contributed by atoms with Crippen LogP contribution in [0.4, 0.5) is 0 Å². The molecule has 22 heavy (non-hydrogen) atoms. The molecule has 1 N–H and O–H groups in total. The fourth-order valence-corrected chi connectivity index (χ4v) is 3.71. The molecular weight excluding hydrogens is 294 g/mol. The number of sulfonamides is 1. The molecule has 0 spiro atoms. The van der Waals surface area contributed by atoms with Gasteiger partial charge in [-0.15, -0.1) is 0 Å². The minimum atomic E-state index is -3.36.